The fourth-order valence-corrected chi connectivity index (χ4v) is 3.92. The van der Waals surface area contributed by atoms with E-state index in [2.05, 4.69) is 32.2 Å². The highest BCUT2D eigenvalue weighted by Gasteiger charge is 2.21. The van der Waals surface area contributed by atoms with Crippen LogP contribution in [0.1, 0.15) is 25.7 Å². The van der Waals surface area contributed by atoms with E-state index in [-0.39, 0.29) is 0 Å². The number of nitrogens with one attached hydrogen (secondary N) is 1. The Balaban J connectivity index is 1.40. The van der Waals surface area contributed by atoms with Gasteiger partial charge < -0.3 is 19.9 Å². The molecule has 138 valence electrons. The van der Waals surface area contributed by atoms with Gasteiger partial charge in [-0.05, 0) is 31.0 Å². The second-order valence-electron chi connectivity index (χ2n) is 7.01. The fourth-order valence-electron chi connectivity index (χ4n) is 3.92. The molecule has 1 aliphatic heterocycles. The van der Waals surface area contributed by atoms with Gasteiger partial charge in [0, 0.05) is 38.4 Å². The van der Waals surface area contributed by atoms with Gasteiger partial charge in [-0.2, -0.15) is 4.98 Å². The number of hydrogen-bond donors (Lipinski definition) is 1. The van der Waals surface area contributed by atoms with Gasteiger partial charge in [0.1, 0.15) is 11.6 Å². The third kappa shape index (κ3) is 3.69. The minimum Gasteiger partial charge on any atom is -0.495 e. The van der Waals surface area contributed by atoms with Crippen LogP contribution in [-0.2, 0) is 0 Å². The average molecular weight is 353 g/mol. The zero-order chi connectivity index (χ0) is 17.8. The van der Waals surface area contributed by atoms with Crippen molar-refractivity contribution >= 4 is 17.5 Å². The SMILES string of the molecule is COc1ccccc1N1CCN(c2ccnc(NC3CCCC3)n2)CC1. The van der Waals surface area contributed by atoms with Gasteiger partial charge in [0.2, 0.25) is 5.95 Å². The highest BCUT2D eigenvalue weighted by molar-refractivity contribution is 5.59. The maximum absolute atomic E-state index is 5.50. The highest BCUT2D eigenvalue weighted by atomic mass is 16.5. The Morgan fingerprint density at radius 3 is 2.50 bits per heavy atom. The van der Waals surface area contributed by atoms with Gasteiger partial charge in [0.15, 0.2) is 0 Å². The van der Waals surface area contributed by atoms with Gasteiger partial charge in [0.25, 0.3) is 0 Å². The maximum atomic E-state index is 5.50. The summed E-state index contributed by atoms with van der Waals surface area (Å²) < 4.78 is 5.50. The Bertz CT molecular complexity index is 724. The molecule has 0 spiro atoms. The van der Waals surface area contributed by atoms with Gasteiger partial charge >= 0.3 is 0 Å². The summed E-state index contributed by atoms with van der Waals surface area (Å²) in [7, 11) is 1.73. The van der Waals surface area contributed by atoms with Crippen molar-refractivity contribution in [3.8, 4) is 5.75 Å². The predicted molar refractivity (Wildman–Crippen MR) is 105 cm³/mol. The minimum atomic E-state index is 0.535. The van der Waals surface area contributed by atoms with E-state index in [1.54, 1.807) is 7.11 Å². The van der Waals surface area contributed by atoms with Crippen molar-refractivity contribution in [1.29, 1.82) is 0 Å². The number of para-hydroxylation sites is 2. The molecular formula is C20H27N5O. The Morgan fingerprint density at radius 1 is 1.00 bits per heavy atom. The Labute approximate surface area is 155 Å². The molecule has 2 heterocycles. The lowest BCUT2D eigenvalue weighted by molar-refractivity contribution is 0.413. The summed E-state index contributed by atoms with van der Waals surface area (Å²) in [6.07, 6.45) is 6.94. The summed E-state index contributed by atoms with van der Waals surface area (Å²) in [5.41, 5.74) is 1.17. The molecule has 0 atom stereocenters. The molecule has 1 aliphatic carbocycles. The molecule has 4 rings (SSSR count). The number of benzene rings is 1. The highest BCUT2D eigenvalue weighted by Crippen LogP contribution is 2.29. The molecule has 2 aromatic rings. The maximum Gasteiger partial charge on any atom is 0.224 e. The van der Waals surface area contributed by atoms with Crippen LogP contribution in [0.5, 0.6) is 5.75 Å². The van der Waals surface area contributed by atoms with E-state index in [1.807, 2.05) is 24.4 Å². The van der Waals surface area contributed by atoms with E-state index in [9.17, 15) is 0 Å². The van der Waals surface area contributed by atoms with Gasteiger partial charge in [0.05, 0.1) is 12.8 Å². The third-order valence-corrected chi connectivity index (χ3v) is 5.36. The molecule has 0 amide bonds. The lowest BCUT2D eigenvalue weighted by atomic mass is 10.2. The van der Waals surface area contributed by atoms with Crippen LogP contribution in [0.2, 0.25) is 0 Å². The molecule has 1 saturated carbocycles. The van der Waals surface area contributed by atoms with Crippen LogP contribution < -0.4 is 19.9 Å². The van der Waals surface area contributed by atoms with Crippen molar-refractivity contribution in [1.82, 2.24) is 9.97 Å². The topological polar surface area (TPSA) is 53.5 Å². The molecule has 1 saturated heterocycles. The Hall–Kier alpha value is -2.50. The summed E-state index contributed by atoms with van der Waals surface area (Å²) in [5.74, 6) is 2.72. The number of ether oxygens (including phenoxy) is 1. The Kier molecular flexibility index (Phi) is 5.09. The number of hydrogen-bond acceptors (Lipinski definition) is 6. The fraction of sp³-hybridized carbons (Fsp3) is 0.500. The van der Waals surface area contributed by atoms with Crippen molar-refractivity contribution < 1.29 is 4.74 Å². The van der Waals surface area contributed by atoms with E-state index >= 15 is 0 Å². The zero-order valence-corrected chi connectivity index (χ0v) is 15.4. The summed E-state index contributed by atoms with van der Waals surface area (Å²) >= 11 is 0. The normalized spacial score (nSPS) is 18.2. The molecule has 6 heteroatoms. The van der Waals surface area contributed by atoms with Crippen LogP contribution in [0.4, 0.5) is 17.5 Å². The first-order chi connectivity index (χ1) is 12.8. The van der Waals surface area contributed by atoms with Gasteiger partial charge in [-0.15, -0.1) is 0 Å². The first-order valence-electron chi connectivity index (χ1n) is 9.56. The average Bonchev–Trinajstić information content (AvgIpc) is 3.21. The molecule has 26 heavy (non-hydrogen) atoms. The third-order valence-electron chi connectivity index (χ3n) is 5.36. The van der Waals surface area contributed by atoms with E-state index in [1.165, 1.54) is 31.4 Å². The van der Waals surface area contributed by atoms with Crippen molar-refractivity contribution in [2.75, 3.05) is 48.4 Å². The molecule has 1 aromatic heterocycles. The van der Waals surface area contributed by atoms with E-state index in [0.717, 1.165) is 43.7 Å². The van der Waals surface area contributed by atoms with Crippen molar-refractivity contribution in [3.63, 3.8) is 0 Å². The molecule has 1 aromatic carbocycles. The molecule has 0 radical (unpaired) electrons. The lowest BCUT2D eigenvalue weighted by Gasteiger charge is -2.37. The Morgan fingerprint density at radius 2 is 1.73 bits per heavy atom. The molecular weight excluding hydrogens is 326 g/mol. The van der Waals surface area contributed by atoms with Crippen molar-refractivity contribution in [3.05, 3.63) is 36.5 Å². The first-order valence-corrected chi connectivity index (χ1v) is 9.56. The molecule has 2 aliphatic rings. The molecule has 0 bridgehead atoms. The molecule has 1 N–H and O–H groups in total. The minimum absolute atomic E-state index is 0.535. The van der Waals surface area contributed by atoms with Crippen molar-refractivity contribution in [2.45, 2.75) is 31.7 Å². The summed E-state index contributed by atoms with van der Waals surface area (Å²) in [6, 6.07) is 10.8. The summed E-state index contributed by atoms with van der Waals surface area (Å²) in [4.78, 5) is 13.9. The van der Waals surface area contributed by atoms with Crippen LogP contribution in [0, 0.1) is 0 Å². The van der Waals surface area contributed by atoms with Crippen LogP contribution >= 0.6 is 0 Å². The van der Waals surface area contributed by atoms with Crippen LogP contribution in [0.3, 0.4) is 0 Å². The van der Waals surface area contributed by atoms with E-state index in [0.29, 0.717) is 6.04 Å². The first kappa shape index (κ1) is 16.9. The van der Waals surface area contributed by atoms with Crippen LogP contribution in [0.15, 0.2) is 36.5 Å². The number of nitrogens with zero attached hydrogens (tertiary/aromatic N) is 4. The monoisotopic (exact) mass is 353 g/mol. The van der Waals surface area contributed by atoms with Gasteiger partial charge in [-0.3, -0.25) is 0 Å². The van der Waals surface area contributed by atoms with E-state index < -0.39 is 0 Å². The second-order valence-corrected chi connectivity index (χ2v) is 7.01. The predicted octanol–water partition coefficient (Wildman–Crippen LogP) is 3.17. The van der Waals surface area contributed by atoms with Crippen LogP contribution in [-0.4, -0.2) is 49.3 Å². The van der Waals surface area contributed by atoms with Gasteiger partial charge in [-0.25, -0.2) is 4.98 Å². The molecule has 6 nitrogen and oxygen atoms in total. The summed E-state index contributed by atoms with van der Waals surface area (Å²) in [6.45, 7) is 3.79. The van der Waals surface area contributed by atoms with Crippen LogP contribution in [0.25, 0.3) is 0 Å². The number of rotatable bonds is 5. The summed E-state index contributed by atoms with van der Waals surface area (Å²) in [5, 5.41) is 3.49. The lowest BCUT2D eigenvalue weighted by Crippen LogP contribution is -2.47. The van der Waals surface area contributed by atoms with Gasteiger partial charge in [-0.1, -0.05) is 25.0 Å². The number of methoxy groups -OCH3 is 1. The molecule has 0 unspecified atom stereocenters. The number of aromatic nitrogens is 2. The standard InChI is InChI=1S/C20H27N5O/c1-26-18-9-5-4-8-17(18)24-12-14-25(15-13-24)19-10-11-21-20(23-19)22-16-6-2-3-7-16/h4-5,8-11,16H,2-3,6-7,12-15H2,1H3,(H,21,22,23). The second kappa shape index (κ2) is 7.81. The zero-order valence-electron chi connectivity index (χ0n) is 15.4. The molecule has 2 fully saturated rings. The number of piperazine rings is 1. The van der Waals surface area contributed by atoms with E-state index in [4.69, 9.17) is 9.72 Å². The largest absolute Gasteiger partial charge is 0.495 e. The van der Waals surface area contributed by atoms with Crippen molar-refractivity contribution in [2.24, 2.45) is 0 Å². The smallest absolute Gasteiger partial charge is 0.224 e. The quantitative estimate of drug-likeness (QED) is 0.891. The number of anilines is 3.